The number of carbonyl (C=O) groups excluding carboxylic acids is 2. The normalized spacial score (nSPS) is 15.0. The molecule has 1 aromatic carbocycles. The topological polar surface area (TPSA) is 144 Å². The summed E-state index contributed by atoms with van der Waals surface area (Å²) < 4.78 is 37.7. The number of thioether (sulfide) groups is 1. The molecule has 1 aliphatic heterocycles. The number of nitrogens with zero attached hydrogens (tertiary/aromatic N) is 3. The lowest BCUT2D eigenvalue weighted by atomic mass is 10.2. The highest BCUT2D eigenvalue weighted by Crippen LogP contribution is 2.26. The molecular formula is C17H21N5O6S2. The van der Waals surface area contributed by atoms with Crippen LogP contribution in [0.5, 0.6) is 0 Å². The SMILES string of the molecule is CCNC(=O)NC(=O)CSc1nnc(-c2cccc(S(=O)(=O)N3CCOCC3)c2)o1. The van der Waals surface area contributed by atoms with Crippen molar-refractivity contribution in [3.05, 3.63) is 24.3 Å². The maximum absolute atomic E-state index is 12.8. The zero-order valence-electron chi connectivity index (χ0n) is 16.2. The summed E-state index contributed by atoms with van der Waals surface area (Å²) in [5.74, 6) is -0.477. The minimum absolute atomic E-state index is 0.0930. The Bertz CT molecular complexity index is 1000. The zero-order chi connectivity index (χ0) is 21.6. The Balaban J connectivity index is 1.66. The van der Waals surface area contributed by atoms with Crippen LogP contribution in [-0.2, 0) is 19.6 Å². The Morgan fingerprint density at radius 1 is 1.23 bits per heavy atom. The standard InChI is InChI=1S/C17H21N5O6S2/c1-2-18-16(24)19-14(23)11-29-17-21-20-15(28-17)12-4-3-5-13(10-12)30(25,26)22-6-8-27-9-7-22/h3-5,10H,2,6-9,11H2,1H3,(H2,18,19,23,24). The van der Waals surface area contributed by atoms with Gasteiger partial charge in [-0.05, 0) is 25.1 Å². The first kappa shape index (κ1) is 22.2. The minimum atomic E-state index is -3.66. The van der Waals surface area contributed by atoms with E-state index in [1.807, 2.05) is 0 Å². The molecule has 30 heavy (non-hydrogen) atoms. The first-order valence-corrected chi connectivity index (χ1v) is 11.5. The quantitative estimate of drug-likeness (QED) is 0.576. The summed E-state index contributed by atoms with van der Waals surface area (Å²) in [6.07, 6.45) is 0. The molecule has 2 aromatic rings. The number of ether oxygens (including phenoxy) is 1. The smallest absolute Gasteiger partial charge is 0.321 e. The van der Waals surface area contributed by atoms with E-state index in [0.717, 1.165) is 11.8 Å². The summed E-state index contributed by atoms with van der Waals surface area (Å²) in [5, 5.41) is 12.5. The first-order chi connectivity index (χ1) is 14.4. The second-order valence-corrected chi connectivity index (χ2v) is 8.98. The van der Waals surface area contributed by atoms with Crippen molar-refractivity contribution in [2.45, 2.75) is 17.0 Å². The van der Waals surface area contributed by atoms with E-state index in [0.29, 0.717) is 38.4 Å². The lowest BCUT2D eigenvalue weighted by molar-refractivity contribution is -0.117. The van der Waals surface area contributed by atoms with Gasteiger partial charge < -0.3 is 14.5 Å². The lowest BCUT2D eigenvalue weighted by Gasteiger charge is -2.26. The number of nitrogens with one attached hydrogen (secondary N) is 2. The molecule has 0 saturated carbocycles. The van der Waals surface area contributed by atoms with Gasteiger partial charge in [0, 0.05) is 25.2 Å². The Hall–Kier alpha value is -2.48. The van der Waals surface area contributed by atoms with Gasteiger partial charge in [0.2, 0.25) is 21.8 Å². The van der Waals surface area contributed by atoms with Crippen LogP contribution in [0.2, 0.25) is 0 Å². The Labute approximate surface area is 177 Å². The molecule has 0 aliphatic carbocycles. The third-order valence-electron chi connectivity index (χ3n) is 4.01. The van der Waals surface area contributed by atoms with Crippen molar-refractivity contribution in [2.75, 3.05) is 38.6 Å². The Morgan fingerprint density at radius 2 is 2.00 bits per heavy atom. The second kappa shape index (κ2) is 10.0. The third-order valence-corrected chi connectivity index (χ3v) is 6.73. The number of hydrogen-bond acceptors (Lipinski definition) is 9. The molecule has 3 amide bonds. The highest BCUT2D eigenvalue weighted by atomic mass is 32.2. The van der Waals surface area contributed by atoms with E-state index < -0.39 is 22.0 Å². The second-order valence-electron chi connectivity index (χ2n) is 6.11. The molecular weight excluding hydrogens is 434 g/mol. The molecule has 1 fully saturated rings. The van der Waals surface area contributed by atoms with Gasteiger partial charge in [-0.25, -0.2) is 13.2 Å². The van der Waals surface area contributed by atoms with Gasteiger partial charge in [0.25, 0.3) is 5.22 Å². The number of benzene rings is 1. The van der Waals surface area contributed by atoms with Crippen LogP contribution in [0.15, 0.2) is 38.8 Å². The summed E-state index contributed by atoms with van der Waals surface area (Å²) >= 11 is 0.964. The zero-order valence-corrected chi connectivity index (χ0v) is 17.8. The summed E-state index contributed by atoms with van der Waals surface area (Å²) in [6, 6.07) is 5.65. The number of aromatic nitrogens is 2. The molecule has 2 heterocycles. The van der Waals surface area contributed by atoms with E-state index in [9.17, 15) is 18.0 Å². The highest BCUT2D eigenvalue weighted by Gasteiger charge is 2.27. The Kier molecular flexibility index (Phi) is 7.42. The number of imide groups is 1. The third kappa shape index (κ3) is 5.56. The molecule has 3 rings (SSSR count). The fourth-order valence-electron chi connectivity index (χ4n) is 2.61. The van der Waals surface area contributed by atoms with E-state index in [4.69, 9.17) is 9.15 Å². The van der Waals surface area contributed by atoms with Crippen molar-refractivity contribution < 1.29 is 27.2 Å². The number of sulfonamides is 1. The van der Waals surface area contributed by atoms with Gasteiger partial charge in [-0.15, -0.1) is 10.2 Å². The fraction of sp³-hybridized carbons (Fsp3) is 0.412. The predicted octanol–water partition coefficient (Wildman–Crippen LogP) is 0.695. The van der Waals surface area contributed by atoms with Crippen molar-refractivity contribution in [3.63, 3.8) is 0 Å². The molecule has 1 aromatic heterocycles. The molecule has 2 N–H and O–H groups in total. The average molecular weight is 456 g/mol. The molecule has 0 radical (unpaired) electrons. The van der Waals surface area contributed by atoms with E-state index >= 15 is 0 Å². The number of amides is 3. The van der Waals surface area contributed by atoms with E-state index in [-0.39, 0.29) is 21.8 Å². The maximum Gasteiger partial charge on any atom is 0.321 e. The molecule has 0 spiro atoms. The fourth-order valence-corrected chi connectivity index (χ4v) is 4.62. The van der Waals surface area contributed by atoms with Crippen LogP contribution >= 0.6 is 11.8 Å². The van der Waals surface area contributed by atoms with Crippen molar-refractivity contribution in [2.24, 2.45) is 0 Å². The van der Waals surface area contributed by atoms with E-state index in [1.165, 1.54) is 16.4 Å². The predicted molar refractivity (Wildman–Crippen MR) is 107 cm³/mol. The van der Waals surface area contributed by atoms with Crippen molar-refractivity contribution >= 4 is 33.7 Å². The molecule has 13 heteroatoms. The molecule has 1 aliphatic rings. The molecule has 0 bridgehead atoms. The van der Waals surface area contributed by atoms with Gasteiger partial charge in [-0.3, -0.25) is 10.1 Å². The van der Waals surface area contributed by atoms with E-state index in [2.05, 4.69) is 20.8 Å². The number of morpholine rings is 1. The first-order valence-electron chi connectivity index (χ1n) is 9.12. The molecule has 0 unspecified atom stereocenters. The number of rotatable bonds is 7. The number of hydrogen-bond donors (Lipinski definition) is 2. The minimum Gasteiger partial charge on any atom is -0.411 e. The van der Waals surface area contributed by atoms with Crippen LogP contribution < -0.4 is 10.6 Å². The number of carbonyl (C=O) groups is 2. The van der Waals surface area contributed by atoms with Crippen molar-refractivity contribution in [1.82, 2.24) is 25.1 Å². The highest BCUT2D eigenvalue weighted by molar-refractivity contribution is 7.99. The average Bonchev–Trinajstić information content (AvgIpc) is 3.22. The summed E-state index contributed by atoms with van der Waals surface area (Å²) in [6.45, 7) is 3.45. The van der Waals surface area contributed by atoms with Crippen molar-refractivity contribution in [1.29, 1.82) is 0 Å². The van der Waals surface area contributed by atoms with Gasteiger partial charge in [0.15, 0.2) is 0 Å². The summed E-state index contributed by atoms with van der Waals surface area (Å²) in [7, 11) is -3.66. The Morgan fingerprint density at radius 3 is 2.73 bits per heavy atom. The summed E-state index contributed by atoms with van der Waals surface area (Å²) in [4.78, 5) is 23.2. The van der Waals surface area contributed by atoms with Gasteiger partial charge in [-0.2, -0.15) is 4.31 Å². The van der Waals surface area contributed by atoms with Crippen LogP contribution in [0.25, 0.3) is 11.5 Å². The van der Waals surface area contributed by atoms with Gasteiger partial charge in [0.1, 0.15) is 0 Å². The monoisotopic (exact) mass is 455 g/mol. The largest absolute Gasteiger partial charge is 0.411 e. The van der Waals surface area contributed by atoms with E-state index in [1.54, 1.807) is 19.1 Å². The lowest BCUT2D eigenvalue weighted by Crippen LogP contribution is -2.40. The van der Waals surface area contributed by atoms with Gasteiger partial charge in [-0.1, -0.05) is 17.8 Å². The molecule has 11 nitrogen and oxygen atoms in total. The van der Waals surface area contributed by atoms with Crippen molar-refractivity contribution in [3.8, 4) is 11.5 Å². The molecule has 0 atom stereocenters. The van der Waals surface area contributed by atoms with Gasteiger partial charge in [0.05, 0.1) is 23.9 Å². The van der Waals surface area contributed by atoms with Crippen LogP contribution in [0, 0.1) is 0 Å². The van der Waals surface area contributed by atoms with Crippen LogP contribution in [0.3, 0.4) is 0 Å². The molecule has 1 saturated heterocycles. The number of urea groups is 1. The summed E-state index contributed by atoms with van der Waals surface area (Å²) in [5.41, 5.74) is 0.440. The van der Waals surface area contributed by atoms with Crippen LogP contribution in [-0.4, -0.2) is 73.5 Å². The molecule has 162 valence electrons. The van der Waals surface area contributed by atoms with Crippen LogP contribution in [0.1, 0.15) is 6.92 Å². The van der Waals surface area contributed by atoms with Crippen LogP contribution in [0.4, 0.5) is 4.79 Å². The maximum atomic E-state index is 12.8. The van der Waals surface area contributed by atoms with Gasteiger partial charge >= 0.3 is 6.03 Å².